The van der Waals surface area contributed by atoms with Crippen molar-refractivity contribution >= 4 is 11.6 Å². The van der Waals surface area contributed by atoms with Gasteiger partial charge in [0.25, 0.3) is 5.91 Å². The second-order valence-electron chi connectivity index (χ2n) is 6.41. The van der Waals surface area contributed by atoms with Crippen LogP contribution in [-0.2, 0) is 13.1 Å². The number of hydrogen-bond acceptors (Lipinski definition) is 3. The SMILES string of the molecule is Cc1cccc(CNc2cncc(C(=O)NCc3ccccc3C)c2)c1. The van der Waals surface area contributed by atoms with Gasteiger partial charge in [-0.1, -0.05) is 54.1 Å². The third-order valence-corrected chi connectivity index (χ3v) is 4.28. The van der Waals surface area contributed by atoms with Crippen LogP contribution in [0.2, 0.25) is 0 Å². The first-order valence-corrected chi connectivity index (χ1v) is 8.69. The van der Waals surface area contributed by atoms with Crippen molar-refractivity contribution in [3.8, 4) is 0 Å². The standard InChI is InChI=1S/C22H23N3O/c1-16-6-5-8-18(10-16)12-24-21-11-20(13-23-15-21)22(26)25-14-19-9-4-3-7-17(19)2/h3-11,13,15,24H,12,14H2,1-2H3,(H,25,26). The number of amides is 1. The highest BCUT2D eigenvalue weighted by molar-refractivity contribution is 5.94. The molecular weight excluding hydrogens is 322 g/mol. The number of carbonyl (C=O) groups excluding carboxylic acids is 1. The summed E-state index contributed by atoms with van der Waals surface area (Å²) in [4.78, 5) is 16.6. The van der Waals surface area contributed by atoms with E-state index in [1.165, 1.54) is 16.7 Å². The number of pyridine rings is 1. The number of rotatable bonds is 6. The minimum Gasteiger partial charge on any atom is -0.380 e. The summed E-state index contributed by atoms with van der Waals surface area (Å²) in [6, 6.07) is 18.2. The summed E-state index contributed by atoms with van der Waals surface area (Å²) < 4.78 is 0. The number of aryl methyl sites for hydroxylation is 2. The molecule has 132 valence electrons. The average molecular weight is 345 g/mol. The first kappa shape index (κ1) is 17.7. The van der Waals surface area contributed by atoms with Crippen LogP contribution in [0.15, 0.2) is 67.0 Å². The molecule has 0 radical (unpaired) electrons. The van der Waals surface area contributed by atoms with E-state index >= 15 is 0 Å². The molecule has 0 atom stereocenters. The van der Waals surface area contributed by atoms with E-state index in [1.807, 2.05) is 43.3 Å². The Labute approximate surface area is 154 Å². The minimum absolute atomic E-state index is 0.125. The molecule has 0 saturated carbocycles. The quantitative estimate of drug-likeness (QED) is 0.702. The van der Waals surface area contributed by atoms with Gasteiger partial charge in [-0.15, -0.1) is 0 Å². The van der Waals surface area contributed by atoms with E-state index in [4.69, 9.17) is 0 Å². The van der Waals surface area contributed by atoms with Crippen LogP contribution in [-0.4, -0.2) is 10.9 Å². The average Bonchev–Trinajstić information content (AvgIpc) is 2.66. The highest BCUT2D eigenvalue weighted by atomic mass is 16.1. The van der Waals surface area contributed by atoms with Crippen LogP contribution >= 0.6 is 0 Å². The summed E-state index contributed by atoms with van der Waals surface area (Å²) in [6.07, 6.45) is 3.32. The topological polar surface area (TPSA) is 54.0 Å². The molecule has 1 amide bonds. The summed E-state index contributed by atoms with van der Waals surface area (Å²) >= 11 is 0. The van der Waals surface area contributed by atoms with Gasteiger partial charge in [0.05, 0.1) is 11.3 Å². The van der Waals surface area contributed by atoms with Gasteiger partial charge in [-0.05, 0) is 36.6 Å². The fourth-order valence-corrected chi connectivity index (χ4v) is 2.77. The first-order chi connectivity index (χ1) is 12.6. The van der Waals surface area contributed by atoms with E-state index < -0.39 is 0 Å². The third kappa shape index (κ3) is 4.70. The predicted octanol–water partition coefficient (Wildman–Crippen LogP) is 4.24. The fraction of sp³-hybridized carbons (Fsp3) is 0.182. The predicted molar refractivity (Wildman–Crippen MR) is 105 cm³/mol. The van der Waals surface area contributed by atoms with Crippen LogP contribution < -0.4 is 10.6 Å². The zero-order valence-corrected chi connectivity index (χ0v) is 15.1. The van der Waals surface area contributed by atoms with E-state index in [0.717, 1.165) is 11.3 Å². The fourth-order valence-electron chi connectivity index (χ4n) is 2.77. The maximum absolute atomic E-state index is 12.4. The van der Waals surface area contributed by atoms with Gasteiger partial charge >= 0.3 is 0 Å². The van der Waals surface area contributed by atoms with Gasteiger partial charge in [-0.25, -0.2) is 0 Å². The molecule has 0 bridgehead atoms. The van der Waals surface area contributed by atoms with Crippen molar-refractivity contribution in [2.75, 3.05) is 5.32 Å². The van der Waals surface area contributed by atoms with E-state index in [0.29, 0.717) is 18.7 Å². The summed E-state index contributed by atoms with van der Waals surface area (Å²) in [5.41, 5.74) is 6.08. The molecule has 0 saturated heterocycles. The normalized spacial score (nSPS) is 10.4. The molecule has 2 N–H and O–H groups in total. The molecule has 0 spiro atoms. The molecule has 0 unspecified atom stereocenters. The van der Waals surface area contributed by atoms with E-state index in [1.54, 1.807) is 12.4 Å². The Balaban J connectivity index is 1.61. The molecule has 2 aromatic carbocycles. The lowest BCUT2D eigenvalue weighted by Gasteiger charge is -2.10. The van der Waals surface area contributed by atoms with E-state index in [2.05, 4.69) is 40.7 Å². The molecule has 0 aliphatic carbocycles. The smallest absolute Gasteiger partial charge is 0.253 e. The highest BCUT2D eigenvalue weighted by Gasteiger charge is 2.08. The van der Waals surface area contributed by atoms with Crippen molar-refractivity contribution in [2.24, 2.45) is 0 Å². The Morgan fingerprint density at radius 2 is 1.81 bits per heavy atom. The molecule has 4 heteroatoms. The van der Waals surface area contributed by atoms with E-state index in [9.17, 15) is 4.79 Å². The summed E-state index contributed by atoms with van der Waals surface area (Å²) in [5.74, 6) is -0.125. The molecule has 3 aromatic rings. The number of hydrogen-bond donors (Lipinski definition) is 2. The maximum Gasteiger partial charge on any atom is 0.253 e. The van der Waals surface area contributed by atoms with Crippen molar-refractivity contribution < 1.29 is 4.79 Å². The number of carbonyl (C=O) groups is 1. The molecule has 1 heterocycles. The zero-order valence-electron chi connectivity index (χ0n) is 15.1. The van der Waals surface area contributed by atoms with Crippen molar-refractivity contribution in [3.63, 3.8) is 0 Å². The maximum atomic E-state index is 12.4. The molecule has 0 aliphatic heterocycles. The lowest BCUT2D eigenvalue weighted by molar-refractivity contribution is 0.0950. The molecule has 0 fully saturated rings. The second-order valence-corrected chi connectivity index (χ2v) is 6.41. The monoisotopic (exact) mass is 345 g/mol. The Bertz CT molecular complexity index is 905. The zero-order chi connectivity index (χ0) is 18.4. The second kappa shape index (κ2) is 8.30. The van der Waals surface area contributed by atoms with Crippen LogP contribution in [0, 0.1) is 13.8 Å². The first-order valence-electron chi connectivity index (χ1n) is 8.69. The van der Waals surface area contributed by atoms with Gasteiger partial charge in [-0.2, -0.15) is 0 Å². The number of benzene rings is 2. The largest absolute Gasteiger partial charge is 0.380 e. The summed E-state index contributed by atoms with van der Waals surface area (Å²) in [6.45, 7) is 5.31. The van der Waals surface area contributed by atoms with E-state index in [-0.39, 0.29) is 5.91 Å². The van der Waals surface area contributed by atoms with Crippen LogP contribution in [0.5, 0.6) is 0 Å². The van der Waals surface area contributed by atoms with Gasteiger partial charge in [0.15, 0.2) is 0 Å². The number of nitrogens with zero attached hydrogens (tertiary/aromatic N) is 1. The van der Waals surface area contributed by atoms with Crippen LogP contribution in [0.25, 0.3) is 0 Å². The number of anilines is 1. The molecule has 1 aromatic heterocycles. The lowest BCUT2D eigenvalue weighted by atomic mass is 10.1. The van der Waals surface area contributed by atoms with Crippen LogP contribution in [0.3, 0.4) is 0 Å². The lowest BCUT2D eigenvalue weighted by Crippen LogP contribution is -2.23. The molecule has 4 nitrogen and oxygen atoms in total. The molecule has 0 aliphatic rings. The third-order valence-electron chi connectivity index (χ3n) is 4.28. The Morgan fingerprint density at radius 3 is 2.62 bits per heavy atom. The van der Waals surface area contributed by atoms with Crippen molar-refractivity contribution in [1.29, 1.82) is 0 Å². The van der Waals surface area contributed by atoms with Crippen LogP contribution in [0.1, 0.15) is 32.6 Å². The van der Waals surface area contributed by atoms with Crippen molar-refractivity contribution in [1.82, 2.24) is 10.3 Å². The summed E-state index contributed by atoms with van der Waals surface area (Å²) in [7, 11) is 0. The van der Waals surface area contributed by atoms with Crippen LogP contribution in [0.4, 0.5) is 5.69 Å². The van der Waals surface area contributed by atoms with Gasteiger partial charge in [-0.3, -0.25) is 9.78 Å². The van der Waals surface area contributed by atoms with Gasteiger partial charge in [0.1, 0.15) is 0 Å². The summed E-state index contributed by atoms with van der Waals surface area (Å²) in [5, 5.41) is 6.28. The Morgan fingerprint density at radius 1 is 0.962 bits per heavy atom. The molecule has 26 heavy (non-hydrogen) atoms. The van der Waals surface area contributed by atoms with Crippen molar-refractivity contribution in [2.45, 2.75) is 26.9 Å². The minimum atomic E-state index is -0.125. The Hall–Kier alpha value is -3.14. The van der Waals surface area contributed by atoms with Gasteiger partial charge in [0, 0.05) is 25.5 Å². The number of nitrogens with one attached hydrogen (secondary N) is 2. The Kier molecular flexibility index (Phi) is 5.64. The van der Waals surface area contributed by atoms with Gasteiger partial charge in [0.2, 0.25) is 0 Å². The molecular formula is C22H23N3O. The van der Waals surface area contributed by atoms with Gasteiger partial charge < -0.3 is 10.6 Å². The number of aromatic nitrogens is 1. The van der Waals surface area contributed by atoms with Crippen molar-refractivity contribution in [3.05, 3.63) is 94.8 Å². The highest BCUT2D eigenvalue weighted by Crippen LogP contribution is 2.12. The molecule has 3 rings (SSSR count).